The lowest BCUT2D eigenvalue weighted by Crippen LogP contribution is -2.58. The molecule has 0 atom stereocenters. The molecule has 202 valence electrons. The Balaban J connectivity index is 1.48. The number of halogens is 2. The molecule has 8 nitrogen and oxygen atoms in total. The Labute approximate surface area is 220 Å². The van der Waals surface area contributed by atoms with E-state index in [4.69, 9.17) is 9.47 Å². The highest BCUT2D eigenvalue weighted by Gasteiger charge is 2.46. The van der Waals surface area contributed by atoms with Gasteiger partial charge in [-0.2, -0.15) is 0 Å². The quantitative estimate of drug-likeness (QED) is 0.421. The highest BCUT2D eigenvalue weighted by Crippen LogP contribution is 2.36. The van der Waals surface area contributed by atoms with Crippen LogP contribution < -0.4 is 14.4 Å². The number of ether oxygens (including phenoxy) is 2. The number of carbonyl (C=O) groups is 1. The van der Waals surface area contributed by atoms with Crippen LogP contribution in [0.1, 0.15) is 21.5 Å². The molecule has 3 aromatic carbocycles. The third-order valence-corrected chi connectivity index (χ3v) is 6.54. The number of alkyl halides is 2. The van der Waals surface area contributed by atoms with Crippen molar-refractivity contribution in [2.45, 2.75) is 19.0 Å². The van der Waals surface area contributed by atoms with E-state index in [0.717, 1.165) is 10.5 Å². The number of aromatic hydroxyl groups is 2. The Morgan fingerprint density at radius 2 is 1.63 bits per heavy atom. The second kappa shape index (κ2) is 10.7. The number of phenolic OH excluding ortho intramolecular Hbond substituents is 2. The monoisotopic (exact) mass is 527 g/mol. The highest BCUT2D eigenvalue weighted by molar-refractivity contribution is 5.96. The van der Waals surface area contributed by atoms with Crippen LogP contribution in [0.25, 0.3) is 0 Å². The molecule has 0 spiro atoms. The smallest absolute Gasteiger partial charge is 0.282 e. The molecule has 1 amide bonds. The van der Waals surface area contributed by atoms with E-state index in [2.05, 4.69) is 0 Å². The van der Waals surface area contributed by atoms with Crippen LogP contribution in [0.5, 0.6) is 23.0 Å². The molecule has 0 radical (unpaired) electrons. The molecule has 1 aliphatic rings. The summed E-state index contributed by atoms with van der Waals surface area (Å²) in [5.41, 5.74) is 2.89. The molecule has 0 aliphatic carbocycles. The number of nitrogens with zero attached hydrogens (tertiary/aromatic N) is 3. The van der Waals surface area contributed by atoms with Crippen LogP contribution in [-0.2, 0) is 13.1 Å². The molecular formula is C28H31F2N3O5. The standard InChI is InChI=1S/C28H31F2N3O5/c1-31(14-19-5-8-22(37-3)13-26(19)38-4)15-20-11-21(7-10-24(20)34)32(2)23-9-6-18(12-25(23)35)27(36)33-16-28(29,30)17-33/h5-13,34-35H,14-17H2,1-4H3. The summed E-state index contributed by atoms with van der Waals surface area (Å²) in [6, 6.07) is 15.1. The van der Waals surface area contributed by atoms with E-state index in [1.54, 1.807) is 44.4 Å². The Morgan fingerprint density at radius 1 is 0.921 bits per heavy atom. The molecule has 0 aromatic heterocycles. The summed E-state index contributed by atoms with van der Waals surface area (Å²) in [6.07, 6.45) is 0. The van der Waals surface area contributed by atoms with Crippen LogP contribution >= 0.6 is 0 Å². The number of benzene rings is 3. The maximum atomic E-state index is 13.1. The zero-order valence-electron chi connectivity index (χ0n) is 21.7. The Bertz CT molecular complexity index is 1330. The summed E-state index contributed by atoms with van der Waals surface area (Å²) in [7, 11) is 6.87. The lowest BCUT2D eigenvalue weighted by Gasteiger charge is -2.38. The van der Waals surface area contributed by atoms with Gasteiger partial charge in [0.25, 0.3) is 11.8 Å². The van der Waals surface area contributed by atoms with Crippen LogP contribution in [-0.4, -0.2) is 73.2 Å². The number of hydrogen-bond acceptors (Lipinski definition) is 7. The van der Waals surface area contributed by atoms with Gasteiger partial charge < -0.3 is 29.5 Å². The first-order valence-electron chi connectivity index (χ1n) is 12.0. The van der Waals surface area contributed by atoms with Crippen molar-refractivity contribution < 1.29 is 33.3 Å². The Morgan fingerprint density at radius 3 is 2.26 bits per heavy atom. The number of anilines is 2. The van der Waals surface area contributed by atoms with E-state index in [1.165, 1.54) is 12.1 Å². The second-order valence-electron chi connectivity index (χ2n) is 9.44. The summed E-state index contributed by atoms with van der Waals surface area (Å²) < 4.78 is 37.0. The van der Waals surface area contributed by atoms with Crippen molar-refractivity contribution >= 4 is 17.3 Å². The van der Waals surface area contributed by atoms with Crippen LogP contribution in [0.3, 0.4) is 0 Å². The van der Waals surface area contributed by atoms with Gasteiger partial charge in [-0.1, -0.05) is 6.07 Å². The van der Waals surface area contributed by atoms with Gasteiger partial charge in [0.15, 0.2) is 0 Å². The molecule has 2 N–H and O–H groups in total. The zero-order valence-corrected chi connectivity index (χ0v) is 21.7. The zero-order chi connectivity index (χ0) is 27.6. The van der Waals surface area contributed by atoms with Crippen LogP contribution in [0.4, 0.5) is 20.2 Å². The first-order chi connectivity index (χ1) is 18.0. The summed E-state index contributed by atoms with van der Waals surface area (Å²) in [5.74, 6) is -2.04. The average Bonchev–Trinajstić information content (AvgIpc) is 2.87. The molecule has 0 unspecified atom stereocenters. The second-order valence-corrected chi connectivity index (χ2v) is 9.44. The predicted octanol–water partition coefficient (Wildman–Crippen LogP) is 4.61. The van der Waals surface area contributed by atoms with E-state index in [-0.39, 0.29) is 17.1 Å². The Hall–Kier alpha value is -4.05. The molecule has 1 heterocycles. The number of hydrogen-bond donors (Lipinski definition) is 2. The van der Waals surface area contributed by atoms with Gasteiger partial charge >= 0.3 is 0 Å². The summed E-state index contributed by atoms with van der Waals surface area (Å²) in [5, 5.41) is 21.1. The number of methoxy groups -OCH3 is 2. The molecular weight excluding hydrogens is 496 g/mol. The van der Waals surface area contributed by atoms with Crippen molar-refractivity contribution in [3.63, 3.8) is 0 Å². The summed E-state index contributed by atoms with van der Waals surface area (Å²) >= 11 is 0. The third-order valence-electron chi connectivity index (χ3n) is 6.54. The number of carbonyl (C=O) groups excluding carboxylic acids is 1. The van der Waals surface area contributed by atoms with Gasteiger partial charge in [-0.3, -0.25) is 9.69 Å². The van der Waals surface area contributed by atoms with Crippen molar-refractivity contribution in [3.8, 4) is 23.0 Å². The fraction of sp³-hybridized carbons (Fsp3) is 0.321. The topological polar surface area (TPSA) is 85.7 Å². The van der Waals surface area contributed by atoms with Gasteiger partial charge in [-0.15, -0.1) is 0 Å². The van der Waals surface area contributed by atoms with Gasteiger partial charge in [0.05, 0.1) is 33.0 Å². The molecule has 1 aliphatic heterocycles. The fourth-order valence-corrected chi connectivity index (χ4v) is 4.44. The molecule has 3 aromatic rings. The summed E-state index contributed by atoms with van der Waals surface area (Å²) in [4.78, 5) is 17.2. The van der Waals surface area contributed by atoms with Crippen molar-refractivity contribution in [2.24, 2.45) is 0 Å². The average molecular weight is 528 g/mol. The lowest BCUT2D eigenvalue weighted by atomic mass is 10.1. The minimum Gasteiger partial charge on any atom is -0.508 e. The Kier molecular flexibility index (Phi) is 7.63. The lowest BCUT2D eigenvalue weighted by molar-refractivity contribution is -0.113. The van der Waals surface area contributed by atoms with Crippen molar-refractivity contribution in [2.75, 3.05) is 46.3 Å². The maximum absolute atomic E-state index is 13.1. The van der Waals surface area contributed by atoms with Gasteiger partial charge in [-0.05, 0) is 49.5 Å². The van der Waals surface area contributed by atoms with Gasteiger partial charge in [-0.25, -0.2) is 8.78 Å². The predicted molar refractivity (Wildman–Crippen MR) is 140 cm³/mol. The molecule has 0 saturated carbocycles. The van der Waals surface area contributed by atoms with Crippen LogP contribution in [0.15, 0.2) is 54.6 Å². The van der Waals surface area contributed by atoms with Crippen molar-refractivity contribution in [3.05, 3.63) is 71.3 Å². The maximum Gasteiger partial charge on any atom is 0.282 e. The van der Waals surface area contributed by atoms with Crippen LogP contribution in [0, 0.1) is 0 Å². The molecule has 1 saturated heterocycles. The minimum atomic E-state index is -2.86. The number of amides is 1. The van der Waals surface area contributed by atoms with E-state index in [9.17, 15) is 23.8 Å². The van der Waals surface area contributed by atoms with Crippen molar-refractivity contribution in [1.29, 1.82) is 0 Å². The van der Waals surface area contributed by atoms with E-state index in [0.29, 0.717) is 41.5 Å². The van der Waals surface area contributed by atoms with Gasteiger partial charge in [0.2, 0.25) is 0 Å². The molecule has 38 heavy (non-hydrogen) atoms. The molecule has 4 rings (SSSR count). The highest BCUT2D eigenvalue weighted by atomic mass is 19.3. The molecule has 1 fully saturated rings. The van der Waals surface area contributed by atoms with Gasteiger partial charge in [0, 0.05) is 48.6 Å². The van der Waals surface area contributed by atoms with Crippen molar-refractivity contribution in [1.82, 2.24) is 9.80 Å². The number of rotatable bonds is 9. The first kappa shape index (κ1) is 27.0. The largest absolute Gasteiger partial charge is 0.508 e. The first-order valence-corrected chi connectivity index (χ1v) is 12.0. The molecule has 10 heteroatoms. The van der Waals surface area contributed by atoms with Crippen LogP contribution in [0.2, 0.25) is 0 Å². The minimum absolute atomic E-state index is 0.132. The van der Waals surface area contributed by atoms with E-state index < -0.39 is 24.9 Å². The summed E-state index contributed by atoms with van der Waals surface area (Å²) in [6.45, 7) is -0.247. The SMILES string of the molecule is COc1ccc(CN(C)Cc2cc(N(C)c3ccc(C(=O)N4CC(F)(F)C4)cc3O)ccc2O)c(OC)c1. The third kappa shape index (κ3) is 5.75. The number of likely N-dealkylation sites (tertiary alicyclic amines) is 1. The normalized spacial score (nSPS) is 14.2. The fourth-order valence-electron chi connectivity index (χ4n) is 4.44. The number of phenols is 2. The van der Waals surface area contributed by atoms with E-state index >= 15 is 0 Å². The van der Waals surface area contributed by atoms with E-state index in [1.807, 2.05) is 36.2 Å². The molecule has 0 bridgehead atoms. The van der Waals surface area contributed by atoms with Gasteiger partial charge in [0.1, 0.15) is 23.0 Å².